The number of aryl methyl sites for hydroxylation is 1. The lowest BCUT2D eigenvalue weighted by atomic mass is 10.2. The van der Waals surface area contributed by atoms with E-state index in [4.69, 9.17) is 8.97 Å². The molecule has 0 bridgehead atoms. The summed E-state index contributed by atoms with van der Waals surface area (Å²) in [7, 11) is -3.85. The second kappa shape index (κ2) is 4.85. The van der Waals surface area contributed by atoms with Crippen LogP contribution in [0.25, 0.3) is 11.1 Å². The SMILES string of the molecule is O=S(=O)(O)CCCCc1nc2ccccc2o1. The first kappa shape index (κ1) is 12.1. The molecule has 0 saturated heterocycles. The molecule has 0 aliphatic carbocycles. The molecule has 5 nitrogen and oxygen atoms in total. The molecule has 0 aliphatic rings. The van der Waals surface area contributed by atoms with E-state index in [1.54, 1.807) is 0 Å². The van der Waals surface area contributed by atoms with Gasteiger partial charge in [-0.2, -0.15) is 8.42 Å². The van der Waals surface area contributed by atoms with Crippen LogP contribution in [0.2, 0.25) is 0 Å². The standard InChI is InChI=1S/C11H13NO4S/c13-17(14,15)8-4-3-7-11-12-9-5-1-2-6-10(9)16-11/h1-2,5-6H,3-4,7-8H2,(H,13,14,15). The Morgan fingerprint density at radius 1 is 1.24 bits per heavy atom. The quantitative estimate of drug-likeness (QED) is 0.653. The van der Waals surface area contributed by atoms with Crippen LogP contribution >= 0.6 is 0 Å². The summed E-state index contributed by atoms with van der Waals surface area (Å²) in [4.78, 5) is 4.27. The largest absolute Gasteiger partial charge is 0.441 e. The Labute approximate surface area is 99.2 Å². The zero-order valence-corrected chi connectivity index (χ0v) is 9.98. The summed E-state index contributed by atoms with van der Waals surface area (Å²) in [5.41, 5.74) is 1.54. The van der Waals surface area contributed by atoms with Crippen molar-refractivity contribution in [3.05, 3.63) is 30.2 Å². The van der Waals surface area contributed by atoms with E-state index < -0.39 is 10.1 Å². The number of hydrogen-bond acceptors (Lipinski definition) is 4. The Hall–Kier alpha value is -1.40. The van der Waals surface area contributed by atoms with Crippen molar-refractivity contribution >= 4 is 21.2 Å². The predicted molar refractivity (Wildman–Crippen MR) is 63.4 cm³/mol. The molecule has 1 aromatic carbocycles. The normalized spacial score (nSPS) is 12.1. The lowest BCUT2D eigenvalue weighted by molar-refractivity contribution is 0.476. The third-order valence-corrected chi connectivity index (χ3v) is 3.19. The number of aromatic nitrogens is 1. The summed E-state index contributed by atoms with van der Waals surface area (Å²) >= 11 is 0. The minimum atomic E-state index is -3.85. The maximum Gasteiger partial charge on any atom is 0.264 e. The van der Waals surface area contributed by atoms with Crippen LogP contribution in [-0.2, 0) is 16.5 Å². The molecule has 0 fully saturated rings. The first-order valence-corrected chi connectivity index (χ1v) is 6.95. The van der Waals surface area contributed by atoms with Crippen molar-refractivity contribution in [1.82, 2.24) is 4.98 Å². The molecule has 0 unspecified atom stereocenters. The molecule has 1 heterocycles. The molecular weight excluding hydrogens is 242 g/mol. The zero-order valence-electron chi connectivity index (χ0n) is 9.17. The van der Waals surface area contributed by atoms with Crippen molar-refractivity contribution in [2.45, 2.75) is 19.3 Å². The van der Waals surface area contributed by atoms with Gasteiger partial charge in [0.1, 0.15) is 5.52 Å². The van der Waals surface area contributed by atoms with Crippen molar-refractivity contribution in [2.24, 2.45) is 0 Å². The third kappa shape index (κ3) is 3.54. The Balaban J connectivity index is 1.91. The number of nitrogens with zero attached hydrogens (tertiary/aromatic N) is 1. The van der Waals surface area contributed by atoms with E-state index in [9.17, 15) is 8.42 Å². The average molecular weight is 255 g/mol. The molecule has 1 N–H and O–H groups in total. The fourth-order valence-electron chi connectivity index (χ4n) is 1.59. The van der Waals surface area contributed by atoms with Gasteiger partial charge in [-0.3, -0.25) is 4.55 Å². The number of para-hydroxylation sites is 2. The van der Waals surface area contributed by atoms with Gasteiger partial charge in [0.25, 0.3) is 10.1 Å². The van der Waals surface area contributed by atoms with Gasteiger partial charge >= 0.3 is 0 Å². The molecule has 6 heteroatoms. The maximum absolute atomic E-state index is 10.5. The highest BCUT2D eigenvalue weighted by molar-refractivity contribution is 7.85. The van der Waals surface area contributed by atoms with E-state index in [0.717, 1.165) is 11.1 Å². The predicted octanol–water partition coefficient (Wildman–Crippen LogP) is 2.04. The number of unbranched alkanes of at least 4 members (excludes halogenated alkanes) is 1. The van der Waals surface area contributed by atoms with Crippen LogP contribution in [0.5, 0.6) is 0 Å². The molecule has 0 radical (unpaired) electrons. The van der Waals surface area contributed by atoms with Gasteiger partial charge in [0, 0.05) is 6.42 Å². The fraction of sp³-hybridized carbons (Fsp3) is 0.364. The van der Waals surface area contributed by atoms with Gasteiger partial charge in [-0.25, -0.2) is 4.98 Å². The van der Waals surface area contributed by atoms with E-state index in [1.165, 1.54) is 0 Å². The van der Waals surface area contributed by atoms with Crippen molar-refractivity contribution in [3.8, 4) is 0 Å². The minimum absolute atomic E-state index is 0.215. The molecular formula is C11H13NO4S. The summed E-state index contributed by atoms with van der Waals surface area (Å²) in [6, 6.07) is 7.45. The van der Waals surface area contributed by atoms with Gasteiger partial charge in [-0.05, 0) is 25.0 Å². The van der Waals surface area contributed by atoms with Gasteiger partial charge in [0.15, 0.2) is 11.5 Å². The van der Waals surface area contributed by atoms with Crippen LogP contribution in [-0.4, -0.2) is 23.7 Å². The second-order valence-electron chi connectivity index (χ2n) is 3.82. The molecule has 0 atom stereocenters. The summed E-state index contributed by atoms with van der Waals surface area (Å²) < 4.78 is 35.0. The van der Waals surface area contributed by atoms with Crippen LogP contribution < -0.4 is 0 Å². The molecule has 1 aromatic heterocycles. The molecule has 2 rings (SSSR count). The van der Waals surface area contributed by atoms with Crippen LogP contribution in [0.1, 0.15) is 18.7 Å². The molecule has 0 saturated carbocycles. The first-order chi connectivity index (χ1) is 8.04. The summed E-state index contributed by atoms with van der Waals surface area (Å²) in [5.74, 6) is 0.384. The fourth-order valence-corrected chi connectivity index (χ4v) is 2.16. The molecule has 0 aliphatic heterocycles. The summed E-state index contributed by atoms with van der Waals surface area (Å²) in [6.45, 7) is 0. The molecule has 17 heavy (non-hydrogen) atoms. The number of benzene rings is 1. The van der Waals surface area contributed by atoms with Crippen molar-refractivity contribution < 1.29 is 17.4 Å². The Morgan fingerprint density at radius 3 is 2.71 bits per heavy atom. The van der Waals surface area contributed by atoms with Gasteiger partial charge < -0.3 is 4.42 Å². The Kier molecular flexibility index (Phi) is 3.44. The molecule has 92 valence electrons. The highest BCUT2D eigenvalue weighted by Gasteiger charge is 2.07. The van der Waals surface area contributed by atoms with E-state index >= 15 is 0 Å². The van der Waals surface area contributed by atoms with Crippen LogP contribution in [0.3, 0.4) is 0 Å². The van der Waals surface area contributed by atoms with Crippen LogP contribution in [0, 0.1) is 0 Å². The summed E-state index contributed by atoms with van der Waals surface area (Å²) in [6.07, 6.45) is 1.59. The third-order valence-electron chi connectivity index (χ3n) is 2.38. The Bertz CT molecular complexity index is 570. The summed E-state index contributed by atoms with van der Waals surface area (Å²) in [5, 5.41) is 0. The van der Waals surface area contributed by atoms with E-state index in [2.05, 4.69) is 4.98 Å². The molecule has 0 spiro atoms. The topological polar surface area (TPSA) is 80.4 Å². The van der Waals surface area contributed by atoms with Crippen LogP contribution in [0.15, 0.2) is 28.7 Å². The highest BCUT2D eigenvalue weighted by atomic mass is 32.2. The smallest absolute Gasteiger partial charge is 0.264 e. The first-order valence-electron chi connectivity index (χ1n) is 5.34. The Morgan fingerprint density at radius 2 is 2.00 bits per heavy atom. The van der Waals surface area contributed by atoms with E-state index in [1.807, 2.05) is 24.3 Å². The van der Waals surface area contributed by atoms with Gasteiger partial charge in [0.05, 0.1) is 5.75 Å². The van der Waals surface area contributed by atoms with Gasteiger partial charge in [-0.15, -0.1) is 0 Å². The van der Waals surface area contributed by atoms with Gasteiger partial charge in [-0.1, -0.05) is 12.1 Å². The lowest BCUT2D eigenvalue weighted by Gasteiger charge is -1.95. The minimum Gasteiger partial charge on any atom is -0.441 e. The van der Waals surface area contributed by atoms with Crippen molar-refractivity contribution in [3.63, 3.8) is 0 Å². The lowest BCUT2D eigenvalue weighted by Crippen LogP contribution is -2.03. The number of oxazole rings is 1. The zero-order chi connectivity index (χ0) is 12.3. The van der Waals surface area contributed by atoms with E-state index in [-0.39, 0.29) is 5.75 Å². The molecule has 2 aromatic rings. The van der Waals surface area contributed by atoms with Crippen LogP contribution in [0.4, 0.5) is 0 Å². The highest BCUT2D eigenvalue weighted by Crippen LogP contribution is 2.16. The number of rotatable bonds is 5. The van der Waals surface area contributed by atoms with E-state index in [0.29, 0.717) is 25.2 Å². The number of fused-ring (bicyclic) bond motifs is 1. The second-order valence-corrected chi connectivity index (χ2v) is 5.39. The average Bonchev–Trinajstić information content (AvgIpc) is 2.65. The monoisotopic (exact) mass is 255 g/mol. The van der Waals surface area contributed by atoms with Crippen molar-refractivity contribution in [1.29, 1.82) is 0 Å². The molecule has 0 amide bonds. The van der Waals surface area contributed by atoms with Crippen molar-refractivity contribution in [2.75, 3.05) is 5.75 Å². The number of hydrogen-bond donors (Lipinski definition) is 1. The van der Waals surface area contributed by atoms with Gasteiger partial charge in [0.2, 0.25) is 0 Å². The maximum atomic E-state index is 10.5.